The lowest BCUT2D eigenvalue weighted by atomic mass is 9.58. The Balaban J connectivity index is 1.31. The van der Waals surface area contributed by atoms with Gasteiger partial charge in [0.15, 0.2) is 17.5 Å². The van der Waals surface area contributed by atoms with E-state index in [1.807, 2.05) is 18.2 Å². The van der Waals surface area contributed by atoms with E-state index < -0.39 is 5.41 Å². The third-order valence-corrected chi connectivity index (χ3v) is 9.95. The molecule has 6 aromatic carbocycles. The number of para-hydroxylation sites is 2. The summed E-state index contributed by atoms with van der Waals surface area (Å²) in [5.41, 5.74) is 9.78. The van der Waals surface area contributed by atoms with Gasteiger partial charge >= 0.3 is 0 Å². The van der Waals surface area contributed by atoms with Crippen LogP contribution in [0, 0.1) is 0 Å². The molecule has 3 aliphatic rings. The lowest BCUT2D eigenvalue weighted by Crippen LogP contribution is -2.39. The monoisotopic (exact) mass is 600 g/mol. The van der Waals surface area contributed by atoms with Crippen molar-refractivity contribution in [2.24, 2.45) is 0 Å². The molecule has 8 aromatic rings. The van der Waals surface area contributed by atoms with E-state index in [9.17, 15) is 0 Å². The van der Waals surface area contributed by atoms with Gasteiger partial charge in [0, 0.05) is 33.5 Å². The van der Waals surface area contributed by atoms with Crippen molar-refractivity contribution in [2.45, 2.75) is 11.3 Å². The van der Waals surface area contributed by atoms with Crippen LogP contribution in [-0.4, -0.2) is 19.5 Å². The summed E-state index contributed by atoms with van der Waals surface area (Å²) < 4.78 is 2.34. The summed E-state index contributed by atoms with van der Waals surface area (Å²) in [6.07, 6.45) is 4.67. The van der Waals surface area contributed by atoms with Gasteiger partial charge in [-0.25, -0.2) is 15.0 Å². The van der Waals surface area contributed by atoms with Crippen molar-refractivity contribution in [1.82, 2.24) is 19.5 Å². The van der Waals surface area contributed by atoms with Gasteiger partial charge in [-0.15, -0.1) is 0 Å². The Hall–Kier alpha value is -6.13. The maximum atomic E-state index is 5.47. The Morgan fingerprint density at radius 1 is 0.511 bits per heavy atom. The summed E-state index contributed by atoms with van der Waals surface area (Å²) in [6, 6.07) is 53.5. The van der Waals surface area contributed by atoms with Crippen molar-refractivity contribution >= 4 is 21.8 Å². The third-order valence-electron chi connectivity index (χ3n) is 9.95. The maximum absolute atomic E-state index is 5.47. The number of fused-ring (bicyclic) bond motifs is 3. The topological polar surface area (TPSA) is 43.6 Å². The van der Waals surface area contributed by atoms with Crippen LogP contribution in [0.25, 0.3) is 50.3 Å². The van der Waals surface area contributed by atoms with Gasteiger partial charge < -0.3 is 4.57 Å². The Morgan fingerprint density at radius 2 is 1.13 bits per heavy atom. The molecule has 4 heteroatoms. The first-order valence-corrected chi connectivity index (χ1v) is 16.1. The molecular formula is C43H28N4. The summed E-state index contributed by atoms with van der Waals surface area (Å²) >= 11 is 0. The van der Waals surface area contributed by atoms with Crippen molar-refractivity contribution in [3.63, 3.8) is 0 Å². The molecule has 2 bridgehead atoms. The number of allylic oxidation sites excluding steroid dienone is 2. The van der Waals surface area contributed by atoms with Crippen LogP contribution >= 0.6 is 0 Å². The van der Waals surface area contributed by atoms with Crippen LogP contribution in [0.15, 0.2) is 164 Å². The normalized spacial score (nSPS) is 17.6. The second-order valence-electron chi connectivity index (χ2n) is 12.4. The van der Waals surface area contributed by atoms with Gasteiger partial charge in [0.25, 0.3) is 0 Å². The number of aromatic nitrogens is 4. The molecule has 0 spiro atoms. The van der Waals surface area contributed by atoms with Crippen LogP contribution < -0.4 is 0 Å². The largest absolute Gasteiger partial charge is 0.309 e. The Kier molecular flexibility index (Phi) is 5.52. The summed E-state index contributed by atoms with van der Waals surface area (Å²) in [6.45, 7) is 0. The summed E-state index contributed by atoms with van der Waals surface area (Å²) in [4.78, 5) is 16.1. The van der Waals surface area contributed by atoms with Gasteiger partial charge in [0.1, 0.15) is 0 Å². The highest BCUT2D eigenvalue weighted by Gasteiger charge is 2.48. The average molecular weight is 601 g/mol. The molecule has 0 N–H and O–H groups in total. The van der Waals surface area contributed by atoms with Crippen LogP contribution in [0.4, 0.5) is 0 Å². The minimum Gasteiger partial charge on any atom is -0.309 e. The molecule has 0 amide bonds. The zero-order chi connectivity index (χ0) is 31.0. The molecule has 2 aromatic heterocycles. The molecule has 11 rings (SSSR count). The van der Waals surface area contributed by atoms with E-state index in [1.165, 1.54) is 22.3 Å². The van der Waals surface area contributed by atoms with E-state index in [0.717, 1.165) is 44.4 Å². The minimum absolute atomic E-state index is 0.219. The molecule has 47 heavy (non-hydrogen) atoms. The molecule has 0 atom stereocenters. The second-order valence-corrected chi connectivity index (χ2v) is 12.4. The zero-order valence-electron chi connectivity index (χ0n) is 25.5. The van der Waals surface area contributed by atoms with Crippen LogP contribution in [0.2, 0.25) is 0 Å². The fraction of sp³-hybridized carbons (Fsp3) is 0.0465. The van der Waals surface area contributed by atoms with Gasteiger partial charge in [-0.05, 0) is 46.5 Å². The van der Waals surface area contributed by atoms with Crippen LogP contribution in [0.5, 0.6) is 0 Å². The number of hydrogen-bond donors (Lipinski definition) is 0. The van der Waals surface area contributed by atoms with Gasteiger partial charge in [0.2, 0.25) is 0 Å². The standard InChI is InChI=1S/C43H28N4/c1-3-14-28(15-4-1)40-44-41(34-21-13-25-38-39(34)33-20-9-12-24-37(33)47(38)29-16-5-2-6-17-29)46-42(45-40)43-27-26-30(31-18-7-10-22-35(31)43)32-19-8-11-23-36(32)43/h1-27,30H. The second kappa shape index (κ2) is 9.93. The molecule has 0 saturated heterocycles. The molecule has 0 fully saturated rings. The zero-order valence-corrected chi connectivity index (χ0v) is 25.5. The highest BCUT2D eigenvalue weighted by atomic mass is 15.1. The smallest absolute Gasteiger partial charge is 0.164 e. The predicted octanol–water partition coefficient (Wildman–Crippen LogP) is 9.65. The van der Waals surface area contributed by atoms with Crippen LogP contribution in [0.3, 0.4) is 0 Å². The van der Waals surface area contributed by atoms with Crippen molar-refractivity contribution in [2.75, 3.05) is 0 Å². The highest BCUT2D eigenvalue weighted by molar-refractivity contribution is 6.15. The van der Waals surface area contributed by atoms with Gasteiger partial charge in [-0.2, -0.15) is 0 Å². The highest BCUT2D eigenvalue weighted by Crippen LogP contribution is 2.55. The number of benzene rings is 6. The fourth-order valence-corrected chi connectivity index (χ4v) is 7.96. The third kappa shape index (κ3) is 3.67. The van der Waals surface area contributed by atoms with Crippen LogP contribution in [-0.2, 0) is 5.41 Å². The Bertz CT molecular complexity index is 2480. The lowest BCUT2D eigenvalue weighted by Gasteiger charge is -2.44. The van der Waals surface area contributed by atoms with E-state index in [0.29, 0.717) is 11.6 Å². The molecule has 0 aliphatic heterocycles. The van der Waals surface area contributed by atoms with Crippen LogP contribution in [0.1, 0.15) is 34.0 Å². The quantitative estimate of drug-likeness (QED) is 0.189. The molecule has 4 nitrogen and oxygen atoms in total. The first kappa shape index (κ1) is 26.1. The molecule has 3 aliphatic carbocycles. The molecule has 0 unspecified atom stereocenters. The Labute approximate surface area is 272 Å². The van der Waals surface area contributed by atoms with E-state index in [-0.39, 0.29) is 5.92 Å². The molecule has 2 heterocycles. The fourth-order valence-electron chi connectivity index (χ4n) is 7.96. The van der Waals surface area contributed by atoms with E-state index in [1.54, 1.807) is 0 Å². The van der Waals surface area contributed by atoms with Crippen molar-refractivity contribution < 1.29 is 0 Å². The summed E-state index contributed by atoms with van der Waals surface area (Å²) in [5, 5.41) is 2.29. The maximum Gasteiger partial charge on any atom is 0.164 e. The minimum atomic E-state index is -0.644. The number of hydrogen-bond acceptors (Lipinski definition) is 3. The summed E-state index contributed by atoms with van der Waals surface area (Å²) in [5.74, 6) is 2.29. The predicted molar refractivity (Wildman–Crippen MR) is 189 cm³/mol. The molecule has 0 radical (unpaired) electrons. The average Bonchev–Trinajstić information content (AvgIpc) is 3.50. The number of nitrogens with zero attached hydrogens (tertiary/aromatic N) is 4. The number of rotatable bonds is 4. The van der Waals surface area contributed by atoms with E-state index in [4.69, 9.17) is 15.0 Å². The lowest BCUT2D eigenvalue weighted by molar-refractivity contribution is 0.630. The van der Waals surface area contributed by atoms with E-state index >= 15 is 0 Å². The molecular weight excluding hydrogens is 573 g/mol. The van der Waals surface area contributed by atoms with Gasteiger partial charge in [0.05, 0.1) is 16.4 Å². The van der Waals surface area contributed by atoms with Crippen molar-refractivity contribution in [3.8, 4) is 28.5 Å². The SMILES string of the molecule is C1=CC2(c3nc(-c4ccccc4)nc(-c4cccc5c4c4ccccc4n5-c4ccccc4)n3)c3ccccc3C1c1ccccc12. The molecule has 0 saturated carbocycles. The Morgan fingerprint density at radius 3 is 1.89 bits per heavy atom. The van der Waals surface area contributed by atoms with Gasteiger partial charge in [-0.1, -0.05) is 140 Å². The van der Waals surface area contributed by atoms with E-state index in [2.05, 4.69) is 150 Å². The van der Waals surface area contributed by atoms with Gasteiger partial charge in [-0.3, -0.25) is 0 Å². The summed E-state index contributed by atoms with van der Waals surface area (Å²) in [7, 11) is 0. The first-order valence-electron chi connectivity index (χ1n) is 16.1. The molecule has 220 valence electrons. The van der Waals surface area contributed by atoms with Crippen molar-refractivity contribution in [1.29, 1.82) is 0 Å². The first-order chi connectivity index (χ1) is 23.3. The van der Waals surface area contributed by atoms with Crippen molar-refractivity contribution in [3.05, 3.63) is 192 Å².